The molecular weight excluding hydrogens is 510 g/mol. The van der Waals surface area contributed by atoms with E-state index in [9.17, 15) is 9.59 Å². The average molecular weight is 570 g/mol. The van der Waals surface area contributed by atoms with Gasteiger partial charge in [-0.15, -0.1) is 0 Å². The molecule has 2 fully saturated rings. The van der Waals surface area contributed by atoms with E-state index in [4.69, 9.17) is 9.47 Å². The Balaban J connectivity index is 1.24. The number of amides is 1. The molecule has 5 atom stereocenters. The Hall–Kier alpha value is -2.04. The van der Waals surface area contributed by atoms with Gasteiger partial charge in [0.15, 0.2) is 0 Å². The molecule has 4 unspecified atom stereocenters. The van der Waals surface area contributed by atoms with Crippen molar-refractivity contribution in [3.8, 4) is 0 Å². The van der Waals surface area contributed by atoms with Gasteiger partial charge in [0.25, 0.3) is 0 Å². The minimum Gasteiger partial charge on any atom is -0.425 e. The van der Waals surface area contributed by atoms with Crippen LogP contribution in [-0.2, 0) is 14.3 Å². The summed E-state index contributed by atoms with van der Waals surface area (Å²) in [6.45, 7) is 6.54. The van der Waals surface area contributed by atoms with Crippen LogP contribution in [-0.4, -0.2) is 35.8 Å². The van der Waals surface area contributed by atoms with Crippen LogP contribution in [0.25, 0.3) is 0 Å². The van der Waals surface area contributed by atoms with E-state index in [0.29, 0.717) is 30.7 Å². The van der Waals surface area contributed by atoms with Gasteiger partial charge in [-0.3, -0.25) is 4.79 Å². The molecule has 0 aliphatic heterocycles. The number of ether oxygens (including phenoxy) is 2. The zero-order chi connectivity index (χ0) is 29.3. The van der Waals surface area contributed by atoms with Gasteiger partial charge in [-0.2, -0.15) is 0 Å². The third-order valence-electron chi connectivity index (χ3n) is 9.54. The van der Waals surface area contributed by atoms with Gasteiger partial charge in [-0.05, 0) is 50.0 Å². The molecule has 2 bridgehead atoms. The Morgan fingerprint density at radius 3 is 1.85 bits per heavy atom. The first-order chi connectivity index (χ1) is 20.0. The van der Waals surface area contributed by atoms with Gasteiger partial charge < -0.3 is 14.4 Å². The summed E-state index contributed by atoms with van der Waals surface area (Å²) in [6.07, 6.45) is 22.2. The number of nitrogens with zero attached hydrogens (tertiary/aromatic N) is 1. The maximum atomic E-state index is 13.2. The van der Waals surface area contributed by atoms with Gasteiger partial charge in [0, 0.05) is 31.8 Å². The highest BCUT2D eigenvalue weighted by Crippen LogP contribution is 2.55. The molecule has 0 radical (unpaired) electrons. The summed E-state index contributed by atoms with van der Waals surface area (Å²) in [5.74, 6) is 1.22. The summed E-state index contributed by atoms with van der Waals surface area (Å²) < 4.78 is 11.1. The van der Waals surface area contributed by atoms with E-state index < -0.39 is 6.29 Å². The predicted octanol–water partition coefficient (Wildman–Crippen LogP) is 10.2. The number of hydrogen-bond acceptors (Lipinski definition) is 4. The SMILES string of the molecule is CCCCCCCCCCCCCCCCCC(=O)OC(C)OC(=O)N(CC)C1C2CC[C@H](C2)C1c1ccccc1. The predicted molar refractivity (Wildman–Crippen MR) is 168 cm³/mol. The molecule has 0 N–H and O–H groups in total. The van der Waals surface area contributed by atoms with Crippen molar-refractivity contribution in [1.29, 1.82) is 0 Å². The topological polar surface area (TPSA) is 55.8 Å². The zero-order valence-corrected chi connectivity index (χ0v) is 26.5. The van der Waals surface area contributed by atoms with Gasteiger partial charge >= 0.3 is 12.1 Å². The van der Waals surface area contributed by atoms with Crippen LogP contribution in [0.4, 0.5) is 4.79 Å². The number of carbonyl (C=O) groups excluding carboxylic acids is 2. The number of hydrogen-bond donors (Lipinski definition) is 0. The molecule has 2 aliphatic rings. The standard InChI is InChI=1S/C36H59NO4/c1-4-6-7-8-9-10-11-12-13-14-15-16-17-18-22-25-33(38)40-29(3)41-36(39)37(5-2)35-32-27-26-31(28-32)34(35)30-23-20-19-21-24-30/h19-21,23-24,29,31-32,34-35H,4-18,22,25-28H2,1-3H3/t29?,31-,32?,34?,35?/m1/s1. The van der Waals surface area contributed by atoms with Crippen molar-refractivity contribution in [2.24, 2.45) is 11.8 Å². The number of rotatable bonds is 21. The van der Waals surface area contributed by atoms with Crippen molar-refractivity contribution in [3.63, 3.8) is 0 Å². The third-order valence-corrected chi connectivity index (χ3v) is 9.54. The lowest BCUT2D eigenvalue weighted by Crippen LogP contribution is -2.47. The Bertz CT molecular complexity index is 858. The van der Waals surface area contributed by atoms with Crippen LogP contribution in [0.1, 0.15) is 154 Å². The molecule has 232 valence electrons. The molecule has 0 saturated heterocycles. The van der Waals surface area contributed by atoms with E-state index in [1.54, 1.807) is 6.92 Å². The molecule has 2 saturated carbocycles. The largest absolute Gasteiger partial charge is 0.425 e. The fourth-order valence-corrected chi connectivity index (χ4v) is 7.43. The lowest BCUT2D eigenvalue weighted by atomic mass is 9.79. The fraction of sp³-hybridized carbons (Fsp3) is 0.778. The monoisotopic (exact) mass is 569 g/mol. The average Bonchev–Trinajstić information content (AvgIpc) is 3.58. The van der Waals surface area contributed by atoms with Crippen LogP contribution in [0.3, 0.4) is 0 Å². The molecule has 5 nitrogen and oxygen atoms in total. The van der Waals surface area contributed by atoms with E-state index in [1.807, 2.05) is 17.9 Å². The van der Waals surface area contributed by atoms with Crippen LogP contribution in [0, 0.1) is 11.8 Å². The summed E-state index contributed by atoms with van der Waals surface area (Å²) in [7, 11) is 0. The molecule has 5 heteroatoms. The second-order valence-electron chi connectivity index (χ2n) is 12.7. The van der Waals surface area contributed by atoms with Crippen molar-refractivity contribution < 1.29 is 19.1 Å². The molecule has 0 spiro atoms. The Kier molecular flexibility index (Phi) is 15.7. The second-order valence-corrected chi connectivity index (χ2v) is 12.7. The molecule has 1 amide bonds. The molecule has 1 aromatic carbocycles. The van der Waals surface area contributed by atoms with E-state index in [1.165, 1.54) is 108 Å². The minimum absolute atomic E-state index is 0.150. The van der Waals surface area contributed by atoms with E-state index >= 15 is 0 Å². The number of fused-ring (bicyclic) bond motifs is 2. The number of unbranched alkanes of at least 4 members (excludes halogenated alkanes) is 14. The number of likely N-dealkylation sites (N-methyl/N-ethyl adjacent to an activating group) is 1. The van der Waals surface area contributed by atoms with E-state index in [-0.39, 0.29) is 18.1 Å². The maximum Gasteiger partial charge on any atom is 0.413 e. The molecule has 0 aromatic heterocycles. The van der Waals surface area contributed by atoms with Crippen molar-refractivity contribution in [2.45, 2.75) is 161 Å². The maximum absolute atomic E-state index is 13.2. The summed E-state index contributed by atoms with van der Waals surface area (Å²) >= 11 is 0. The highest BCUT2D eigenvalue weighted by Gasteiger charge is 2.51. The molecular formula is C36H59NO4. The van der Waals surface area contributed by atoms with Crippen molar-refractivity contribution >= 4 is 12.1 Å². The lowest BCUT2D eigenvalue weighted by molar-refractivity contribution is -0.166. The smallest absolute Gasteiger partial charge is 0.413 e. The first kappa shape index (κ1) is 33.5. The van der Waals surface area contributed by atoms with Crippen LogP contribution >= 0.6 is 0 Å². The number of benzene rings is 1. The zero-order valence-electron chi connectivity index (χ0n) is 26.5. The first-order valence-electron chi connectivity index (χ1n) is 17.3. The van der Waals surface area contributed by atoms with Gasteiger partial charge in [0.05, 0.1) is 0 Å². The minimum atomic E-state index is -0.867. The van der Waals surface area contributed by atoms with Crippen LogP contribution in [0.5, 0.6) is 0 Å². The van der Waals surface area contributed by atoms with E-state index in [2.05, 4.69) is 31.2 Å². The van der Waals surface area contributed by atoms with Crippen molar-refractivity contribution in [2.75, 3.05) is 6.54 Å². The molecule has 41 heavy (non-hydrogen) atoms. The molecule has 1 aromatic rings. The quantitative estimate of drug-likeness (QED) is 0.0839. The van der Waals surface area contributed by atoms with Crippen molar-refractivity contribution in [3.05, 3.63) is 35.9 Å². The molecule has 0 heterocycles. The summed E-state index contributed by atoms with van der Waals surface area (Å²) in [4.78, 5) is 27.5. The third kappa shape index (κ3) is 11.3. The van der Waals surface area contributed by atoms with Gasteiger partial charge in [-0.25, -0.2) is 4.79 Å². The highest BCUT2D eigenvalue weighted by atomic mass is 16.7. The van der Waals surface area contributed by atoms with Crippen LogP contribution in [0.2, 0.25) is 0 Å². The molecule has 3 rings (SSSR count). The van der Waals surface area contributed by atoms with Gasteiger partial charge in [0.1, 0.15) is 0 Å². The summed E-state index contributed by atoms with van der Waals surface area (Å²) in [5.41, 5.74) is 1.32. The van der Waals surface area contributed by atoms with E-state index in [0.717, 1.165) is 12.8 Å². The number of esters is 1. The highest BCUT2D eigenvalue weighted by molar-refractivity contribution is 5.71. The van der Waals surface area contributed by atoms with Gasteiger partial charge in [-0.1, -0.05) is 127 Å². The lowest BCUT2D eigenvalue weighted by Gasteiger charge is -2.39. The fourth-order valence-electron chi connectivity index (χ4n) is 7.43. The summed E-state index contributed by atoms with van der Waals surface area (Å²) in [6, 6.07) is 10.8. The Morgan fingerprint density at radius 1 is 0.756 bits per heavy atom. The second kappa shape index (κ2) is 19.2. The Labute approximate surface area is 251 Å². The first-order valence-corrected chi connectivity index (χ1v) is 17.3. The molecule has 2 aliphatic carbocycles. The normalized spacial score (nSPS) is 22.0. The van der Waals surface area contributed by atoms with Crippen LogP contribution < -0.4 is 0 Å². The number of carbonyl (C=O) groups is 2. The van der Waals surface area contributed by atoms with Crippen LogP contribution in [0.15, 0.2) is 30.3 Å². The van der Waals surface area contributed by atoms with Gasteiger partial charge in [0.2, 0.25) is 6.29 Å². The summed E-state index contributed by atoms with van der Waals surface area (Å²) in [5, 5.41) is 0. The Morgan fingerprint density at radius 2 is 1.29 bits per heavy atom. The van der Waals surface area contributed by atoms with Crippen molar-refractivity contribution in [1.82, 2.24) is 4.90 Å².